The Morgan fingerprint density at radius 3 is 2.73 bits per heavy atom. The maximum Gasteiger partial charge on any atom is 0.343 e. The minimum atomic E-state index is -0.536. The van der Waals surface area contributed by atoms with E-state index in [-0.39, 0.29) is 22.4 Å². The van der Waals surface area contributed by atoms with Crippen LogP contribution in [0.2, 0.25) is 5.15 Å². The molecular weight excluding hydrogens is 410 g/mol. The van der Waals surface area contributed by atoms with E-state index in [9.17, 15) is 4.79 Å². The molecular formula is C20H18ClN5O4. The van der Waals surface area contributed by atoms with Crippen molar-refractivity contribution in [2.24, 2.45) is 5.10 Å². The van der Waals surface area contributed by atoms with Gasteiger partial charge in [0.2, 0.25) is 0 Å². The predicted octanol–water partition coefficient (Wildman–Crippen LogP) is 3.39. The highest BCUT2D eigenvalue weighted by atomic mass is 35.5. The fraction of sp³-hybridized carbons (Fsp3) is 0.100. The molecule has 0 fully saturated rings. The van der Waals surface area contributed by atoms with E-state index in [0.29, 0.717) is 22.6 Å². The maximum atomic E-state index is 12.4. The number of nitrogens with zero attached hydrogens (tertiary/aromatic N) is 3. The lowest BCUT2D eigenvalue weighted by Crippen LogP contribution is -2.09. The highest BCUT2D eigenvalue weighted by Crippen LogP contribution is 2.29. The number of methoxy groups -OCH3 is 2. The van der Waals surface area contributed by atoms with Gasteiger partial charge in [0.1, 0.15) is 17.8 Å². The number of esters is 1. The smallest absolute Gasteiger partial charge is 0.343 e. The van der Waals surface area contributed by atoms with Crippen LogP contribution in [0.1, 0.15) is 15.9 Å². The van der Waals surface area contributed by atoms with Crippen LogP contribution in [0.25, 0.3) is 0 Å². The van der Waals surface area contributed by atoms with Crippen molar-refractivity contribution in [1.82, 2.24) is 9.97 Å². The van der Waals surface area contributed by atoms with Crippen molar-refractivity contribution >= 4 is 35.3 Å². The Labute approximate surface area is 177 Å². The number of nitrogens with one attached hydrogen (secondary N) is 1. The number of carbonyl (C=O) groups is 1. The maximum absolute atomic E-state index is 12.4. The van der Waals surface area contributed by atoms with Crippen LogP contribution < -0.4 is 25.4 Å². The summed E-state index contributed by atoms with van der Waals surface area (Å²) in [5.41, 5.74) is 9.68. The summed E-state index contributed by atoms with van der Waals surface area (Å²) in [5.74, 6) is 0.927. The highest BCUT2D eigenvalue weighted by Gasteiger charge is 2.13. The van der Waals surface area contributed by atoms with Crippen molar-refractivity contribution in [2.45, 2.75) is 0 Å². The van der Waals surface area contributed by atoms with Gasteiger partial charge in [0.25, 0.3) is 0 Å². The van der Waals surface area contributed by atoms with Gasteiger partial charge in [-0.2, -0.15) is 5.10 Å². The van der Waals surface area contributed by atoms with Crippen molar-refractivity contribution in [1.29, 1.82) is 0 Å². The molecule has 3 aromatic rings. The van der Waals surface area contributed by atoms with E-state index in [2.05, 4.69) is 20.5 Å². The molecule has 154 valence electrons. The second kappa shape index (κ2) is 9.57. The van der Waals surface area contributed by atoms with E-state index < -0.39 is 5.97 Å². The first-order chi connectivity index (χ1) is 14.5. The normalized spacial score (nSPS) is 10.6. The molecule has 1 aromatic heterocycles. The van der Waals surface area contributed by atoms with E-state index in [1.165, 1.54) is 26.8 Å². The number of benzene rings is 2. The fourth-order valence-corrected chi connectivity index (χ4v) is 2.52. The third-order valence-electron chi connectivity index (χ3n) is 3.92. The zero-order valence-corrected chi connectivity index (χ0v) is 16.9. The Bertz CT molecular complexity index is 1090. The van der Waals surface area contributed by atoms with Crippen LogP contribution in [-0.4, -0.2) is 36.4 Å². The number of halogens is 1. The molecule has 0 aliphatic carbocycles. The molecule has 0 unspecified atom stereocenters. The van der Waals surface area contributed by atoms with E-state index in [1.807, 2.05) is 0 Å². The quantitative estimate of drug-likeness (QED) is 0.193. The molecule has 0 bridgehead atoms. The van der Waals surface area contributed by atoms with Crippen LogP contribution in [0.15, 0.2) is 53.9 Å². The summed E-state index contributed by atoms with van der Waals surface area (Å²) in [4.78, 5) is 20.1. The van der Waals surface area contributed by atoms with Crippen LogP contribution in [0.4, 0.5) is 11.5 Å². The molecule has 2 aromatic carbocycles. The standard InChI is InChI=1S/C20H18ClN5O4/c1-28-14-5-3-4-13(9-14)20(27)30-15-7-6-12(8-16(15)29-2)10-25-26-19-17(22)18(21)23-11-24-19/h3-11H,22H2,1-2H3,(H,23,24,26). The number of nitrogen functional groups attached to an aromatic ring is 1. The number of hydrazone groups is 1. The Kier molecular flexibility index (Phi) is 6.66. The van der Waals surface area contributed by atoms with Crippen LogP contribution in [0, 0.1) is 0 Å². The lowest BCUT2D eigenvalue weighted by molar-refractivity contribution is 0.0729. The minimum Gasteiger partial charge on any atom is -0.497 e. The number of hydrogen-bond donors (Lipinski definition) is 2. The summed E-state index contributed by atoms with van der Waals surface area (Å²) in [6.07, 6.45) is 2.79. The SMILES string of the molecule is COc1cccc(C(=O)Oc2ccc(C=NNc3ncnc(Cl)c3N)cc2OC)c1. The molecule has 0 aliphatic heterocycles. The second-order valence-corrected chi connectivity index (χ2v) is 6.19. The van der Waals surface area contributed by atoms with Gasteiger partial charge in [0.15, 0.2) is 22.5 Å². The van der Waals surface area contributed by atoms with Crippen LogP contribution in [0.5, 0.6) is 17.2 Å². The first-order valence-corrected chi connectivity index (χ1v) is 8.99. The van der Waals surface area contributed by atoms with Crippen molar-refractivity contribution < 1.29 is 19.0 Å². The molecule has 0 atom stereocenters. The Morgan fingerprint density at radius 1 is 1.13 bits per heavy atom. The lowest BCUT2D eigenvalue weighted by atomic mass is 10.2. The van der Waals surface area contributed by atoms with Gasteiger partial charge in [-0.25, -0.2) is 14.8 Å². The number of nitrogens with two attached hydrogens (primary N) is 1. The number of ether oxygens (including phenoxy) is 3. The summed E-state index contributed by atoms with van der Waals surface area (Å²) in [5, 5.41) is 4.20. The monoisotopic (exact) mass is 427 g/mol. The Balaban J connectivity index is 1.72. The van der Waals surface area contributed by atoms with Gasteiger partial charge < -0.3 is 19.9 Å². The van der Waals surface area contributed by atoms with Crippen molar-refractivity contribution in [3.8, 4) is 17.2 Å². The van der Waals surface area contributed by atoms with Gasteiger partial charge in [0, 0.05) is 0 Å². The van der Waals surface area contributed by atoms with Crippen molar-refractivity contribution in [2.75, 3.05) is 25.4 Å². The van der Waals surface area contributed by atoms with Crippen molar-refractivity contribution in [3.05, 3.63) is 65.1 Å². The molecule has 0 radical (unpaired) electrons. The molecule has 30 heavy (non-hydrogen) atoms. The number of hydrogen-bond acceptors (Lipinski definition) is 9. The van der Waals surface area contributed by atoms with Gasteiger partial charge in [-0.1, -0.05) is 17.7 Å². The summed E-state index contributed by atoms with van der Waals surface area (Å²) in [6, 6.07) is 11.6. The molecule has 9 nitrogen and oxygen atoms in total. The number of aromatic nitrogens is 2. The zero-order valence-electron chi connectivity index (χ0n) is 16.1. The van der Waals surface area contributed by atoms with Gasteiger partial charge in [-0.3, -0.25) is 5.43 Å². The summed E-state index contributed by atoms with van der Waals surface area (Å²) in [6.45, 7) is 0. The average molecular weight is 428 g/mol. The number of carbonyl (C=O) groups excluding carboxylic acids is 1. The zero-order chi connectivity index (χ0) is 21.5. The van der Waals surface area contributed by atoms with Crippen LogP contribution >= 0.6 is 11.6 Å². The van der Waals surface area contributed by atoms with Gasteiger partial charge in [-0.15, -0.1) is 0 Å². The first-order valence-electron chi connectivity index (χ1n) is 8.61. The topological polar surface area (TPSA) is 121 Å². The molecule has 0 aliphatic rings. The molecule has 0 saturated carbocycles. The predicted molar refractivity (Wildman–Crippen MR) is 114 cm³/mol. The van der Waals surface area contributed by atoms with Gasteiger partial charge in [-0.05, 0) is 42.0 Å². The van der Waals surface area contributed by atoms with Gasteiger partial charge >= 0.3 is 5.97 Å². The molecule has 3 rings (SSSR count). The molecule has 1 heterocycles. The number of rotatable bonds is 7. The lowest BCUT2D eigenvalue weighted by Gasteiger charge is -2.10. The van der Waals surface area contributed by atoms with Gasteiger partial charge in [0.05, 0.1) is 26.0 Å². The summed E-state index contributed by atoms with van der Waals surface area (Å²) >= 11 is 5.84. The molecule has 3 N–H and O–H groups in total. The highest BCUT2D eigenvalue weighted by molar-refractivity contribution is 6.32. The largest absolute Gasteiger partial charge is 0.497 e. The third-order valence-corrected chi connectivity index (χ3v) is 4.22. The summed E-state index contributed by atoms with van der Waals surface area (Å²) in [7, 11) is 3.00. The van der Waals surface area contributed by atoms with E-state index in [4.69, 9.17) is 31.5 Å². The second-order valence-electron chi connectivity index (χ2n) is 5.83. The molecule has 0 saturated heterocycles. The van der Waals surface area contributed by atoms with E-state index in [1.54, 1.807) is 42.5 Å². The van der Waals surface area contributed by atoms with E-state index in [0.717, 1.165) is 0 Å². The summed E-state index contributed by atoms with van der Waals surface area (Å²) < 4.78 is 15.9. The van der Waals surface area contributed by atoms with E-state index >= 15 is 0 Å². The number of anilines is 2. The molecule has 0 spiro atoms. The Morgan fingerprint density at radius 2 is 1.97 bits per heavy atom. The molecule has 10 heteroatoms. The first kappa shape index (κ1) is 20.9. The third kappa shape index (κ3) is 4.95. The Hall–Kier alpha value is -3.85. The fourth-order valence-electron chi connectivity index (χ4n) is 2.39. The average Bonchev–Trinajstić information content (AvgIpc) is 2.77. The molecule has 0 amide bonds. The van der Waals surface area contributed by atoms with Crippen molar-refractivity contribution in [3.63, 3.8) is 0 Å². The van der Waals surface area contributed by atoms with Crippen LogP contribution in [0.3, 0.4) is 0 Å². The van der Waals surface area contributed by atoms with Crippen LogP contribution in [-0.2, 0) is 0 Å². The minimum absolute atomic E-state index is 0.131.